The Morgan fingerprint density at radius 2 is 1.82 bits per heavy atom. The van der Waals surface area contributed by atoms with Crippen LogP contribution in [-0.2, 0) is 22.6 Å². The van der Waals surface area contributed by atoms with E-state index >= 15 is 0 Å². The number of nitrogens with one attached hydrogen (secondary N) is 1. The fourth-order valence-electron chi connectivity index (χ4n) is 3.20. The lowest BCUT2D eigenvalue weighted by Gasteiger charge is -2.22. The molecule has 3 aromatic rings. The zero-order chi connectivity index (χ0) is 19.8. The van der Waals surface area contributed by atoms with E-state index in [1.54, 1.807) is 0 Å². The number of H-pyrrole nitrogens is 1. The van der Waals surface area contributed by atoms with Crippen LogP contribution in [0.3, 0.4) is 0 Å². The minimum atomic E-state index is -0.664. The van der Waals surface area contributed by atoms with E-state index in [1.165, 1.54) is 23.8 Å². The number of aromatic amines is 1. The Bertz CT molecular complexity index is 898. The second-order valence-electron chi connectivity index (χ2n) is 6.83. The number of methoxy groups -OCH3 is 1. The lowest BCUT2D eigenvalue weighted by Crippen LogP contribution is -2.25. The van der Waals surface area contributed by atoms with Crippen molar-refractivity contribution < 1.29 is 14.3 Å². The number of benzene rings is 2. The van der Waals surface area contributed by atoms with Crippen molar-refractivity contribution in [2.24, 2.45) is 0 Å². The second kappa shape index (κ2) is 9.76. The molecule has 0 aliphatic carbocycles. The quantitative estimate of drug-likeness (QED) is 0.447. The number of aromatic nitrogens is 1. The third-order valence-electron chi connectivity index (χ3n) is 4.50. The monoisotopic (exact) mass is 378 g/mol. The minimum Gasteiger partial charge on any atom is -0.438 e. The number of fused-ring (bicyclic) bond motifs is 1. The molecule has 28 heavy (non-hydrogen) atoms. The van der Waals surface area contributed by atoms with Crippen LogP contribution < -0.4 is 0 Å². The molecule has 0 bridgehead atoms. The van der Waals surface area contributed by atoms with E-state index in [9.17, 15) is 4.79 Å². The van der Waals surface area contributed by atoms with Crippen LogP contribution in [0.2, 0.25) is 0 Å². The Labute approximate surface area is 165 Å². The number of hydrogen-bond donors (Lipinski definition) is 1. The summed E-state index contributed by atoms with van der Waals surface area (Å²) in [6, 6.07) is 20.9. The van der Waals surface area contributed by atoms with E-state index in [-0.39, 0.29) is 6.61 Å². The zero-order valence-corrected chi connectivity index (χ0v) is 16.4. The van der Waals surface area contributed by atoms with Crippen LogP contribution >= 0.6 is 0 Å². The van der Waals surface area contributed by atoms with Gasteiger partial charge in [0.25, 0.3) is 0 Å². The lowest BCUT2D eigenvalue weighted by atomic mass is 10.2. The Hall–Kier alpha value is -3.05. The number of carbonyl (C=O) groups is 1. The van der Waals surface area contributed by atoms with Gasteiger partial charge in [-0.25, -0.2) is 4.79 Å². The maximum absolute atomic E-state index is 11.1. The van der Waals surface area contributed by atoms with Gasteiger partial charge in [-0.3, -0.25) is 4.90 Å². The van der Waals surface area contributed by atoms with Crippen molar-refractivity contribution in [2.45, 2.75) is 20.0 Å². The van der Waals surface area contributed by atoms with Crippen molar-refractivity contribution in [3.8, 4) is 0 Å². The van der Waals surface area contributed by atoms with Crippen molar-refractivity contribution in [1.82, 2.24) is 9.88 Å². The van der Waals surface area contributed by atoms with E-state index in [2.05, 4.69) is 63.2 Å². The summed E-state index contributed by atoms with van der Waals surface area (Å²) in [5.74, 6) is 0. The second-order valence-corrected chi connectivity index (χ2v) is 6.83. The summed E-state index contributed by atoms with van der Waals surface area (Å²) in [5.41, 5.74) is 4.72. The molecule has 0 fully saturated rings. The lowest BCUT2D eigenvalue weighted by molar-refractivity contribution is 0.0816. The van der Waals surface area contributed by atoms with E-state index in [1.807, 2.05) is 25.1 Å². The maximum atomic E-state index is 11.1. The molecule has 3 rings (SSSR count). The molecule has 1 heterocycles. The summed E-state index contributed by atoms with van der Waals surface area (Å²) in [6.45, 7) is 4.66. The molecule has 0 radical (unpaired) electrons. The van der Waals surface area contributed by atoms with Gasteiger partial charge >= 0.3 is 6.16 Å². The fraction of sp³-hybridized carbons (Fsp3) is 0.261. The Balaban J connectivity index is 1.70. The van der Waals surface area contributed by atoms with E-state index in [0.717, 1.165) is 30.7 Å². The van der Waals surface area contributed by atoms with Gasteiger partial charge in [0.1, 0.15) is 6.61 Å². The molecule has 1 N–H and O–H groups in total. The average molecular weight is 378 g/mol. The van der Waals surface area contributed by atoms with Crippen molar-refractivity contribution in [2.75, 3.05) is 20.3 Å². The Morgan fingerprint density at radius 1 is 1.07 bits per heavy atom. The number of para-hydroxylation sites is 1. The van der Waals surface area contributed by atoms with Crippen LogP contribution in [-0.4, -0.2) is 36.3 Å². The summed E-state index contributed by atoms with van der Waals surface area (Å²) in [5, 5.41) is 1.22. The molecule has 0 aliphatic heterocycles. The van der Waals surface area contributed by atoms with Gasteiger partial charge in [0.15, 0.2) is 0 Å². The molecule has 1 aromatic heterocycles. The van der Waals surface area contributed by atoms with Gasteiger partial charge in [0, 0.05) is 30.8 Å². The molecule has 2 aromatic carbocycles. The average Bonchev–Trinajstić information content (AvgIpc) is 3.10. The van der Waals surface area contributed by atoms with Crippen LogP contribution in [0, 0.1) is 0 Å². The van der Waals surface area contributed by atoms with Crippen molar-refractivity contribution >= 4 is 17.1 Å². The van der Waals surface area contributed by atoms with E-state index in [0.29, 0.717) is 0 Å². The molecule has 0 atom stereocenters. The molecule has 5 nitrogen and oxygen atoms in total. The molecule has 0 spiro atoms. The Morgan fingerprint density at radius 3 is 2.57 bits per heavy atom. The normalized spacial score (nSPS) is 11.8. The Kier molecular flexibility index (Phi) is 6.87. The number of rotatable bonds is 8. The van der Waals surface area contributed by atoms with Crippen LogP contribution in [0.25, 0.3) is 10.9 Å². The molecule has 5 heteroatoms. The largest absolute Gasteiger partial charge is 0.508 e. The molecule has 0 unspecified atom stereocenters. The van der Waals surface area contributed by atoms with Crippen LogP contribution in [0.4, 0.5) is 4.79 Å². The summed E-state index contributed by atoms with van der Waals surface area (Å²) in [6.07, 6.45) is 1.25. The first-order chi connectivity index (χ1) is 13.6. The summed E-state index contributed by atoms with van der Waals surface area (Å²) < 4.78 is 9.45. The summed E-state index contributed by atoms with van der Waals surface area (Å²) >= 11 is 0. The van der Waals surface area contributed by atoms with Gasteiger partial charge in [-0.15, -0.1) is 0 Å². The standard InChI is InChI=1S/C23H26N2O3/c1-18(12-13-28-23(26)27-2)15-25(16-19-8-4-3-5-9-19)17-21-14-20-10-6-7-11-22(20)24-21/h3-12,14,24H,13,15-17H2,1-2H3/b18-12+. The van der Waals surface area contributed by atoms with Crippen molar-refractivity contribution in [3.63, 3.8) is 0 Å². The molecule has 146 valence electrons. The summed E-state index contributed by atoms with van der Waals surface area (Å²) in [7, 11) is 1.31. The predicted molar refractivity (Wildman–Crippen MR) is 111 cm³/mol. The fourth-order valence-corrected chi connectivity index (χ4v) is 3.20. The molecular weight excluding hydrogens is 352 g/mol. The molecule has 0 saturated heterocycles. The van der Waals surface area contributed by atoms with Gasteiger partial charge in [0.2, 0.25) is 0 Å². The highest BCUT2D eigenvalue weighted by Gasteiger charge is 2.10. The predicted octanol–water partition coefficient (Wildman–Crippen LogP) is 4.90. The van der Waals surface area contributed by atoms with Crippen molar-refractivity contribution in [3.05, 3.63) is 83.6 Å². The topological polar surface area (TPSA) is 54.6 Å². The highest BCUT2D eigenvalue weighted by Crippen LogP contribution is 2.18. The first kappa shape index (κ1) is 19.7. The third-order valence-corrected chi connectivity index (χ3v) is 4.50. The van der Waals surface area contributed by atoms with Gasteiger partial charge in [0.05, 0.1) is 7.11 Å². The first-order valence-corrected chi connectivity index (χ1v) is 9.33. The van der Waals surface area contributed by atoms with Crippen LogP contribution in [0.15, 0.2) is 72.3 Å². The minimum absolute atomic E-state index is 0.212. The molecule has 0 amide bonds. The van der Waals surface area contributed by atoms with E-state index in [4.69, 9.17) is 4.74 Å². The smallest absolute Gasteiger partial charge is 0.438 e. The van der Waals surface area contributed by atoms with Gasteiger partial charge in [-0.2, -0.15) is 0 Å². The highest BCUT2D eigenvalue weighted by atomic mass is 16.7. The van der Waals surface area contributed by atoms with Crippen LogP contribution in [0.5, 0.6) is 0 Å². The maximum Gasteiger partial charge on any atom is 0.508 e. The van der Waals surface area contributed by atoms with Gasteiger partial charge in [-0.1, -0.05) is 54.1 Å². The van der Waals surface area contributed by atoms with E-state index < -0.39 is 6.16 Å². The number of hydrogen-bond acceptors (Lipinski definition) is 4. The summed E-state index contributed by atoms with van der Waals surface area (Å²) in [4.78, 5) is 17.0. The molecular formula is C23H26N2O3. The number of carbonyl (C=O) groups excluding carboxylic acids is 1. The molecule has 0 saturated carbocycles. The van der Waals surface area contributed by atoms with Gasteiger partial charge < -0.3 is 14.5 Å². The SMILES string of the molecule is COC(=O)OC/C=C(\C)CN(Cc1ccccc1)Cc1cc2ccccc2[nH]1. The molecule has 0 aliphatic rings. The van der Waals surface area contributed by atoms with Crippen LogP contribution in [0.1, 0.15) is 18.2 Å². The third kappa shape index (κ3) is 5.72. The van der Waals surface area contributed by atoms with Crippen molar-refractivity contribution in [1.29, 1.82) is 0 Å². The zero-order valence-electron chi connectivity index (χ0n) is 16.4. The first-order valence-electron chi connectivity index (χ1n) is 9.33. The number of nitrogens with zero attached hydrogens (tertiary/aromatic N) is 1. The van der Waals surface area contributed by atoms with Gasteiger partial charge in [-0.05, 0) is 36.1 Å². The number of ether oxygens (including phenoxy) is 2. The highest BCUT2D eigenvalue weighted by molar-refractivity contribution is 5.80.